The van der Waals surface area contributed by atoms with Crippen molar-refractivity contribution in [1.29, 1.82) is 0 Å². The number of benzene rings is 3. The number of carbonyl (C=O) groups excluding carboxylic acids is 2. The summed E-state index contributed by atoms with van der Waals surface area (Å²) in [7, 11) is 0. The average Bonchev–Trinajstić information content (AvgIpc) is 2.81. The zero-order valence-corrected chi connectivity index (χ0v) is 18.0. The highest BCUT2D eigenvalue weighted by molar-refractivity contribution is 5.92. The third-order valence-electron chi connectivity index (χ3n) is 4.46. The van der Waals surface area contributed by atoms with Gasteiger partial charge in [-0.3, -0.25) is 4.79 Å². The van der Waals surface area contributed by atoms with Crippen molar-refractivity contribution in [2.45, 2.75) is 19.9 Å². The molecule has 0 saturated carbocycles. The van der Waals surface area contributed by atoms with Gasteiger partial charge in [-0.15, -0.1) is 0 Å². The van der Waals surface area contributed by atoms with Gasteiger partial charge in [0.05, 0.1) is 12.3 Å². The molecule has 0 aromatic heterocycles. The summed E-state index contributed by atoms with van der Waals surface area (Å²) in [4.78, 5) is 24.2. The fourth-order valence-corrected chi connectivity index (χ4v) is 2.90. The topological polar surface area (TPSA) is 88.7 Å². The normalized spacial score (nSPS) is 10.2. The summed E-state index contributed by atoms with van der Waals surface area (Å²) in [5.74, 6) is 1.70. The van der Waals surface area contributed by atoms with Gasteiger partial charge in [0, 0.05) is 19.5 Å². The lowest BCUT2D eigenvalue weighted by molar-refractivity contribution is -0.116. The quantitative estimate of drug-likeness (QED) is 0.432. The van der Waals surface area contributed by atoms with Gasteiger partial charge in [0.15, 0.2) is 5.75 Å². The van der Waals surface area contributed by atoms with Gasteiger partial charge in [-0.1, -0.05) is 42.5 Å². The van der Waals surface area contributed by atoms with E-state index < -0.39 is 0 Å². The van der Waals surface area contributed by atoms with Gasteiger partial charge in [-0.2, -0.15) is 0 Å². The van der Waals surface area contributed by atoms with Gasteiger partial charge in [-0.25, -0.2) is 4.79 Å². The standard InChI is InChI=1S/C25H27N3O4/c1-2-31-20-12-14-21(15-13-20)32-23-11-7-6-10-22(23)28-24(29)16-17-26-25(30)27-18-19-8-4-3-5-9-19/h3-15H,2,16-18H2,1H3,(H,28,29)(H2,26,27,30). The molecule has 3 amide bonds. The lowest BCUT2D eigenvalue weighted by Crippen LogP contribution is -2.36. The monoisotopic (exact) mass is 433 g/mol. The first-order chi connectivity index (χ1) is 15.6. The van der Waals surface area contributed by atoms with E-state index in [1.54, 1.807) is 12.1 Å². The maximum atomic E-state index is 12.3. The molecular formula is C25H27N3O4. The number of rotatable bonds is 10. The summed E-state index contributed by atoms with van der Waals surface area (Å²) in [5, 5.41) is 8.28. The molecule has 166 valence electrons. The Kier molecular flexibility index (Phi) is 8.50. The lowest BCUT2D eigenvalue weighted by atomic mass is 10.2. The van der Waals surface area contributed by atoms with E-state index in [0.29, 0.717) is 30.3 Å². The van der Waals surface area contributed by atoms with E-state index in [1.807, 2.05) is 73.7 Å². The molecule has 0 atom stereocenters. The maximum absolute atomic E-state index is 12.3. The molecule has 0 aliphatic carbocycles. The van der Waals surface area contributed by atoms with Crippen LogP contribution in [-0.2, 0) is 11.3 Å². The van der Waals surface area contributed by atoms with Gasteiger partial charge in [0.25, 0.3) is 0 Å². The Morgan fingerprint density at radius 2 is 1.50 bits per heavy atom. The largest absolute Gasteiger partial charge is 0.494 e. The van der Waals surface area contributed by atoms with Crippen molar-refractivity contribution in [1.82, 2.24) is 10.6 Å². The van der Waals surface area contributed by atoms with Gasteiger partial charge < -0.3 is 25.4 Å². The van der Waals surface area contributed by atoms with Crippen molar-refractivity contribution < 1.29 is 19.1 Å². The Morgan fingerprint density at radius 3 is 2.25 bits per heavy atom. The summed E-state index contributed by atoms with van der Waals surface area (Å²) >= 11 is 0. The highest BCUT2D eigenvalue weighted by Crippen LogP contribution is 2.30. The molecule has 32 heavy (non-hydrogen) atoms. The molecule has 0 bridgehead atoms. The van der Waals surface area contributed by atoms with Crippen LogP contribution in [0.1, 0.15) is 18.9 Å². The summed E-state index contributed by atoms with van der Waals surface area (Å²) in [6, 6.07) is 23.8. The van der Waals surface area contributed by atoms with Crippen LogP contribution in [0, 0.1) is 0 Å². The Hall–Kier alpha value is -4.00. The van der Waals surface area contributed by atoms with Crippen molar-refractivity contribution in [3.05, 3.63) is 84.4 Å². The molecule has 3 rings (SSSR count). The molecule has 0 unspecified atom stereocenters. The second kappa shape index (κ2) is 12.0. The first-order valence-corrected chi connectivity index (χ1v) is 10.5. The number of anilines is 1. The fraction of sp³-hybridized carbons (Fsp3) is 0.200. The minimum absolute atomic E-state index is 0.135. The van der Waals surface area contributed by atoms with Gasteiger partial charge in [0.1, 0.15) is 11.5 Å². The van der Waals surface area contributed by atoms with Crippen LogP contribution in [0.4, 0.5) is 10.5 Å². The van der Waals surface area contributed by atoms with Gasteiger partial charge in [-0.05, 0) is 48.9 Å². The smallest absolute Gasteiger partial charge is 0.315 e. The minimum atomic E-state index is -0.319. The minimum Gasteiger partial charge on any atom is -0.494 e. The van der Waals surface area contributed by atoms with Crippen LogP contribution in [0.3, 0.4) is 0 Å². The van der Waals surface area contributed by atoms with Crippen molar-refractivity contribution in [3.63, 3.8) is 0 Å². The van der Waals surface area contributed by atoms with E-state index in [0.717, 1.165) is 11.3 Å². The predicted octanol–water partition coefficient (Wildman–Crippen LogP) is 4.71. The Labute approximate surface area is 187 Å². The van der Waals surface area contributed by atoms with E-state index >= 15 is 0 Å². The third kappa shape index (κ3) is 7.36. The number of amides is 3. The molecule has 3 N–H and O–H groups in total. The summed E-state index contributed by atoms with van der Waals surface area (Å²) in [6.07, 6.45) is 0.135. The predicted molar refractivity (Wildman–Crippen MR) is 124 cm³/mol. The third-order valence-corrected chi connectivity index (χ3v) is 4.46. The number of urea groups is 1. The molecule has 7 nitrogen and oxygen atoms in total. The summed E-state index contributed by atoms with van der Waals surface area (Å²) in [5.41, 5.74) is 1.56. The van der Waals surface area contributed by atoms with E-state index in [4.69, 9.17) is 9.47 Å². The van der Waals surface area contributed by atoms with Gasteiger partial charge in [0.2, 0.25) is 5.91 Å². The van der Waals surface area contributed by atoms with Crippen molar-refractivity contribution in [2.75, 3.05) is 18.5 Å². The second-order valence-corrected chi connectivity index (χ2v) is 6.90. The van der Waals surface area contributed by atoms with Crippen LogP contribution in [0.15, 0.2) is 78.9 Å². The highest BCUT2D eigenvalue weighted by atomic mass is 16.5. The van der Waals surface area contributed by atoms with Crippen molar-refractivity contribution >= 4 is 17.6 Å². The highest BCUT2D eigenvalue weighted by Gasteiger charge is 2.09. The van der Waals surface area contributed by atoms with Crippen LogP contribution in [0.5, 0.6) is 17.2 Å². The van der Waals surface area contributed by atoms with E-state index in [-0.39, 0.29) is 24.9 Å². The molecule has 3 aromatic rings. The summed E-state index contributed by atoms with van der Waals surface area (Å²) < 4.78 is 11.3. The molecule has 0 spiro atoms. The molecule has 0 saturated heterocycles. The van der Waals surface area contributed by atoms with Crippen LogP contribution >= 0.6 is 0 Å². The molecule has 3 aromatic carbocycles. The molecule has 0 fully saturated rings. The summed E-state index contributed by atoms with van der Waals surface area (Å²) in [6.45, 7) is 3.16. The first-order valence-electron chi connectivity index (χ1n) is 10.5. The zero-order chi connectivity index (χ0) is 22.6. The number of para-hydroxylation sites is 2. The number of carbonyl (C=O) groups is 2. The average molecular weight is 434 g/mol. The number of ether oxygens (including phenoxy) is 2. The number of nitrogens with one attached hydrogen (secondary N) is 3. The SMILES string of the molecule is CCOc1ccc(Oc2ccccc2NC(=O)CCNC(=O)NCc2ccccc2)cc1. The first kappa shape index (κ1) is 22.7. The van der Waals surface area contributed by atoms with E-state index in [9.17, 15) is 9.59 Å². The lowest BCUT2D eigenvalue weighted by Gasteiger charge is -2.13. The van der Waals surface area contributed by atoms with Crippen molar-refractivity contribution in [2.24, 2.45) is 0 Å². The van der Waals surface area contributed by atoms with Crippen LogP contribution in [0.25, 0.3) is 0 Å². The Balaban J connectivity index is 1.45. The fourth-order valence-electron chi connectivity index (χ4n) is 2.90. The zero-order valence-electron chi connectivity index (χ0n) is 18.0. The number of hydrogen-bond acceptors (Lipinski definition) is 4. The van der Waals surface area contributed by atoms with Crippen LogP contribution < -0.4 is 25.4 Å². The van der Waals surface area contributed by atoms with Crippen LogP contribution in [-0.4, -0.2) is 25.1 Å². The Morgan fingerprint density at radius 1 is 0.812 bits per heavy atom. The van der Waals surface area contributed by atoms with Crippen molar-refractivity contribution in [3.8, 4) is 17.2 Å². The molecule has 0 aliphatic rings. The molecular weight excluding hydrogens is 406 g/mol. The van der Waals surface area contributed by atoms with Gasteiger partial charge >= 0.3 is 6.03 Å². The molecule has 0 aliphatic heterocycles. The Bertz CT molecular complexity index is 1010. The van der Waals surface area contributed by atoms with E-state index in [2.05, 4.69) is 16.0 Å². The molecule has 0 heterocycles. The second-order valence-electron chi connectivity index (χ2n) is 6.90. The van der Waals surface area contributed by atoms with E-state index in [1.165, 1.54) is 0 Å². The number of hydrogen-bond donors (Lipinski definition) is 3. The van der Waals surface area contributed by atoms with Crippen LogP contribution in [0.2, 0.25) is 0 Å². The molecule has 7 heteroatoms. The molecule has 0 radical (unpaired) electrons. The maximum Gasteiger partial charge on any atom is 0.315 e.